The molecule has 5 amide bonds. The van der Waals surface area contributed by atoms with Gasteiger partial charge in [0, 0.05) is 80.3 Å². The van der Waals surface area contributed by atoms with Gasteiger partial charge in [-0.3, -0.25) is 48.7 Å². The smallest absolute Gasteiger partial charge is 0.274 e. The number of piperidine rings is 1. The number of benzene rings is 2. The maximum absolute atomic E-state index is 13.5. The normalized spacial score (nSPS) is 21.5. The molecule has 3 aliphatic heterocycles. The molecule has 1 atom stereocenters. The minimum absolute atomic E-state index is 0.0750. The number of hydrogen-bond acceptors (Lipinski definition) is 12. The predicted octanol–water partition coefficient (Wildman–Crippen LogP) is 3.65. The van der Waals surface area contributed by atoms with Crippen molar-refractivity contribution in [2.75, 3.05) is 49.9 Å². The maximum Gasteiger partial charge on any atom is 0.274 e. The van der Waals surface area contributed by atoms with Gasteiger partial charge in [0.25, 0.3) is 17.7 Å². The third-order valence-electron chi connectivity index (χ3n) is 12.6. The van der Waals surface area contributed by atoms with Crippen molar-refractivity contribution in [3.8, 4) is 6.07 Å². The molecule has 5 aromatic rings. The van der Waals surface area contributed by atoms with Crippen LogP contribution in [0.2, 0.25) is 0 Å². The molecular weight excluding hydrogens is 779 g/mol. The van der Waals surface area contributed by atoms with Gasteiger partial charge < -0.3 is 15.7 Å². The molecule has 1 saturated carbocycles. The number of aromatic nitrogens is 4. The topological polar surface area (TPSA) is 210 Å². The van der Waals surface area contributed by atoms with E-state index in [4.69, 9.17) is 5.10 Å². The van der Waals surface area contributed by atoms with Gasteiger partial charge in [-0.1, -0.05) is 6.07 Å². The number of fused-ring (bicyclic) bond motifs is 3. The van der Waals surface area contributed by atoms with Crippen LogP contribution in [-0.4, -0.2) is 120 Å². The summed E-state index contributed by atoms with van der Waals surface area (Å²) in [7, 11) is 0. The number of amides is 5. The number of carbonyl (C=O) groups is 5. The molecule has 17 nitrogen and oxygen atoms in total. The quantitative estimate of drug-likeness (QED) is 0.149. The molecule has 9 rings (SSSR count). The highest BCUT2D eigenvalue weighted by molar-refractivity contribution is 6.25. The Morgan fingerprint density at radius 3 is 2.46 bits per heavy atom. The van der Waals surface area contributed by atoms with E-state index in [9.17, 15) is 34.3 Å². The van der Waals surface area contributed by atoms with Crippen molar-refractivity contribution in [3.63, 3.8) is 0 Å². The van der Waals surface area contributed by atoms with Crippen molar-refractivity contribution in [2.45, 2.75) is 76.1 Å². The lowest BCUT2D eigenvalue weighted by Gasteiger charge is -2.42. The number of nitriles is 1. The molecule has 6 heterocycles. The highest BCUT2D eigenvalue weighted by atomic mass is 16.3. The number of hydrogen-bond donors (Lipinski definition) is 4. The van der Waals surface area contributed by atoms with Crippen molar-refractivity contribution < 1.29 is 29.1 Å². The highest BCUT2D eigenvalue weighted by Crippen LogP contribution is 2.36. The van der Waals surface area contributed by atoms with Crippen LogP contribution in [0.3, 0.4) is 0 Å². The molecule has 2 aromatic carbocycles. The van der Waals surface area contributed by atoms with Crippen LogP contribution >= 0.6 is 0 Å². The van der Waals surface area contributed by atoms with Crippen LogP contribution in [0.5, 0.6) is 0 Å². The van der Waals surface area contributed by atoms with Gasteiger partial charge in [0.1, 0.15) is 17.8 Å². The number of piperazine rings is 1. The number of imide groups is 2. The molecule has 0 spiro atoms. The molecule has 17 heteroatoms. The van der Waals surface area contributed by atoms with Crippen LogP contribution in [0.25, 0.3) is 16.4 Å². The zero-order valence-corrected chi connectivity index (χ0v) is 34.1. The summed E-state index contributed by atoms with van der Waals surface area (Å²) in [5.41, 5.74) is 2.95. The summed E-state index contributed by atoms with van der Waals surface area (Å²) >= 11 is 0. The zero-order chi connectivity index (χ0) is 42.6. The van der Waals surface area contributed by atoms with Gasteiger partial charge in [0.2, 0.25) is 11.8 Å². The number of nitrogens with zero attached hydrogens (tertiary/aromatic N) is 8. The molecule has 0 radical (unpaired) electrons. The second-order valence-electron chi connectivity index (χ2n) is 16.9. The van der Waals surface area contributed by atoms with Crippen molar-refractivity contribution in [1.82, 2.24) is 39.4 Å². The van der Waals surface area contributed by atoms with E-state index in [1.54, 1.807) is 50.2 Å². The zero-order valence-electron chi connectivity index (χ0n) is 34.1. The summed E-state index contributed by atoms with van der Waals surface area (Å²) in [6, 6.07) is 15.7. The van der Waals surface area contributed by atoms with Crippen LogP contribution in [0.4, 0.5) is 11.4 Å². The largest absolute Gasteiger partial charge is 0.386 e. The van der Waals surface area contributed by atoms with E-state index < -0.39 is 41.2 Å². The Balaban J connectivity index is 0.778. The average molecular weight is 826 g/mol. The fourth-order valence-electron chi connectivity index (χ4n) is 9.36. The first-order valence-corrected chi connectivity index (χ1v) is 20.9. The molecule has 61 heavy (non-hydrogen) atoms. The Bertz CT molecular complexity index is 2640. The highest BCUT2D eigenvalue weighted by Gasteiger charge is 2.45. The summed E-state index contributed by atoms with van der Waals surface area (Å²) in [5.74, 6) is -2.45. The lowest BCUT2D eigenvalue weighted by atomic mass is 9.90. The summed E-state index contributed by atoms with van der Waals surface area (Å²) in [5, 5.41) is 39.1. The standard InChI is InChI=1S/C44H47N11O6/c1-44(2,61)32-22-34-27(21-35(32)48-41(58)37-11-10-30-20-26(23-45)24-47-55(30)37)25-53(50-34)29-8-6-28(7-9-29)52-18-16-51(17-19-52)15-14-46-33-5-3-4-31-39(33)43(60)54(42(31)59)36-12-13-38(56)49-40(36)57/h3-5,10-11,20-22,24-25,28-29,36,46,61H,6-9,12-19H2,1-2H3,(H,48,58)(H,49,56,57)/t28-,29-,36?. The second kappa shape index (κ2) is 15.8. The van der Waals surface area contributed by atoms with Crippen LogP contribution < -0.4 is 16.0 Å². The van der Waals surface area contributed by atoms with E-state index in [2.05, 4.69) is 36.9 Å². The van der Waals surface area contributed by atoms with E-state index >= 15 is 0 Å². The third-order valence-corrected chi connectivity index (χ3v) is 12.6. The van der Waals surface area contributed by atoms with Crippen LogP contribution in [0, 0.1) is 11.3 Å². The molecule has 0 bridgehead atoms. The van der Waals surface area contributed by atoms with E-state index in [0.717, 1.165) is 74.2 Å². The average Bonchev–Trinajstić information content (AvgIpc) is 3.94. The third kappa shape index (κ3) is 7.62. The maximum atomic E-state index is 13.5. The Morgan fingerprint density at radius 1 is 0.951 bits per heavy atom. The first kappa shape index (κ1) is 40.0. The summed E-state index contributed by atoms with van der Waals surface area (Å²) in [6.07, 6.45) is 7.70. The first-order valence-electron chi connectivity index (χ1n) is 20.9. The van der Waals surface area contributed by atoms with Gasteiger partial charge in [0.15, 0.2) is 0 Å². The van der Waals surface area contributed by atoms with Crippen molar-refractivity contribution in [3.05, 3.63) is 88.9 Å². The number of anilines is 2. The molecule has 314 valence electrons. The fraction of sp³-hybridized carbons (Fsp3) is 0.409. The first-order chi connectivity index (χ1) is 29.4. The van der Waals surface area contributed by atoms with Gasteiger partial charge in [-0.05, 0) is 88.4 Å². The van der Waals surface area contributed by atoms with Crippen molar-refractivity contribution in [1.29, 1.82) is 5.26 Å². The van der Waals surface area contributed by atoms with Crippen LogP contribution in [0.1, 0.15) is 101 Å². The monoisotopic (exact) mass is 825 g/mol. The summed E-state index contributed by atoms with van der Waals surface area (Å²) in [4.78, 5) is 70.3. The van der Waals surface area contributed by atoms with Gasteiger partial charge in [0.05, 0.1) is 45.6 Å². The van der Waals surface area contributed by atoms with Gasteiger partial charge in [-0.15, -0.1) is 0 Å². The Morgan fingerprint density at radius 2 is 1.72 bits per heavy atom. The van der Waals surface area contributed by atoms with Crippen molar-refractivity contribution >= 4 is 57.3 Å². The van der Waals surface area contributed by atoms with Gasteiger partial charge >= 0.3 is 0 Å². The fourth-order valence-corrected chi connectivity index (χ4v) is 9.36. The van der Waals surface area contributed by atoms with E-state index in [0.29, 0.717) is 46.3 Å². The molecule has 3 fully saturated rings. The predicted molar refractivity (Wildman–Crippen MR) is 224 cm³/mol. The molecule has 1 unspecified atom stereocenters. The molecule has 4 N–H and O–H groups in total. The Labute approximate surface area is 351 Å². The minimum atomic E-state index is -1.26. The molecule has 1 aliphatic carbocycles. The molecule has 4 aliphatic rings. The minimum Gasteiger partial charge on any atom is -0.386 e. The number of nitrogens with one attached hydrogen (secondary N) is 3. The van der Waals surface area contributed by atoms with Crippen LogP contribution in [-0.2, 0) is 15.2 Å². The summed E-state index contributed by atoms with van der Waals surface area (Å²) < 4.78 is 3.53. The van der Waals surface area contributed by atoms with E-state index in [1.165, 1.54) is 10.7 Å². The second-order valence-corrected chi connectivity index (χ2v) is 16.9. The number of aliphatic hydroxyl groups is 1. The van der Waals surface area contributed by atoms with E-state index in [-0.39, 0.29) is 30.0 Å². The lowest BCUT2D eigenvalue weighted by Crippen LogP contribution is -2.54. The van der Waals surface area contributed by atoms with Gasteiger partial charge in [-0.25, -0.2) is 4.52 Å². The number of carbonyl (C=O) groups excluding carboxylic acids is 5. The van der Waals surface area contributed by atoms with Crippen LogP contribution in [0.15, 0.2) is 60.9 Å². The molecule has 2 saturated heterocycles. The molecule has 3 aromatic heterocycles. The Hall–Kier alpha value is -6.48. The van der Waals surface area contributed by atoms with Crippen molar-refractivity contribution in [2.24, 2.45) is 0 Å². The Kier molecular flexibility index (Phi) is 10.4. The lowest BCUT2D eigenvalue weighted by molar-refractivity contribution is -0.136. The van der Waals surface area contributed by atoms with Gasteiger partial charge in [-0.2, -0.15) is 15.5 Å². The van der Waals surface area contributed by atoms with E-state index in [1.807, 2.05) is 23.0 Å². The molecular formula is C44H47N11O6. The summed E-state index contributed by atoms with van der Waals surface area (Å²) in [6.45, 7) is 8.46. The SMILES string of the molecule is CC(C)(O)c1cc2nn([C@H]3CC[C@H](N4CCN(CCNc5cccc6c5C(=O)N(C5CCC(=O)NC5=O)C6=O)CC4)CC3)cc2cc1NC(=O)c1ccc2cc(C#N)cnn12. The number of rotatable bonds is 10.